The average molecular weight is 399 g/mol. The van der Waals surface area contributed by atoms with Crippen molar-refractivity contribution in [1.82, 2.24) is 15.3 Å². The van der Waals surface area contributed by atoms with E-state index in [-0.39, 0.29) is 11.2 Å². The summed E-state index contributed by atoms with van der Waals surface area (Å²) in [5, 5.41) is 3.56. The number of benzene rings is 1. The van der Waals surface area contributed by atoms with Gasteiger partial charge >= 0.3 is 0 Å². The van der Waals surface area contributed by atoms with Crippen molar-refractivity contribution in [2.75, 3.05) is 37.7 Å². The first-order valence-corrected chi connectivity index (χ1v) is 10.7. The molecular formula is C23H31FN4O. The summed E-state index contributed by atoms with van der Waals surface area (Å²) in [5.41, 5.74) is 2.03. The van der Waals surface area contributed by atoms with E-state index in [0.717, 1.165) is 49.6 Å². The maximum Gasteiger partial charge on any atom is 0.225 e. The molecule has 0 radical (unpaired) electrons. The van der Waals surface area contributed by atoms with Crippen LogP contribution in [0.1, 0.15) is 43.7 Å². The highest BCUT2D eigenvalue weighted by atomic mass is 19.1. The summed E-state index contributed by atoms with van der Waals surface area (Å²) in [6, 6.07) is 7.01. The molecule has 5 nitrogen and oxygen atoms in total. The number of piperidine rings is 1. The molecule has 0 amide bonds. The topological polar surface area (TPSA) is 50.3 Å². The minimum absolute atomic E-state index is 0.0922. The molecule has 1 atom stereocenters. The van der Waals surface area contributed by atoms with E-state index in [4.69, 9.17) is 4.74 Å². The summed E-state index contributed by atoms with van der Waals surface area (Å²) >= 11 is 0. The molecule has 2 aromatic rings. The zero-order valence-corrected chi connectivity index (χ0v) is 17.2. The van der Waals surface area contributed by atoms with E-state index in [2.05, 4.69) is 27.1 Å². The van der Waals surface area contributed by atoms with Crippen molar-refractivity contribution < 1.29 is 9.13 Å². The van der Waals surface area contributed by atoms with Gasteiger partial charge < -0.3 is 15.0 Å². The summed E-state index contributed by atoms with van der Waals surface area (Å²) in [6.45, 7) is 7.28. The van der Waals surface area contributed by atoms with Crippen LogP contribution in [0.3, 0.4) is 0 Å². The molecule has 0 saturated carbocycles. The molecule has 4 rings (SSSR count). The Labute approximate surface area is 172 Å². The van der Waals surface area contributed by atoms with Crippen molar-refractivity contribution >= 4 is 5.95 Å². The Morgan fingerprint density at radius 1 is 1.24 bits per heavy atom. The molecule has 1 unspecified atom stereocenters. The number of aromatic nitrogens is 2. The fourth-order valence-corrected chi connectivity index (χ4v) is 4.57. The first-order chi connectivity index (χ1) is 14.1. The molecule has 2 fully saturated rings. The summed E-state index contributed by atoms with van der Waals surface area (Å²) < 4.78 is 19.4. The van der Waals surface area contributed by atoms with Gasteiger partial charge in [0.15, 0.2) is 0 Å². The molecular weight excluding hydrogens is 367 g/mol. The standard InChI is InChI=1S/C23H31FN4O/c1-18-4-3-9-28(16-18)22-26-14-19(15-27-22)13-25-17-23(7-10-29-11-8-23)20-5-2-6-21(24)12-20/h2,5-6,12,14-15,18,25H,3-4,7-11,13,16-17H2,1H3. The fraction of sp³-hybridized carbons (Fsp3) is 0.565. The Bertz CT molecular complexity index is 792. The van der Waals surface area contributed by atoms with E-state index in [9.17, 15) is 4.39 Å². The molecule has 0 spiro atoms. The number of hydrogen-bond acceptors (Lipinski definition) is 5. The van der Waals surface area contributed by atoms with Crippen LogP contribution in [-0.4, -0.2) is 42.8 Å². The van der Waals surface area contributed by atoms with Crippen LogP contribution >= 0.6 is 0 Å². The van der Waals surface area contributed by atoms with Crippen LogP contribution in [0.5, 0.6) is 0 Å². The molecule has 2 aliphatic rings. The largest absolute Gasteiger partial charge is 0.381 e. The summed E-state index contributed by atoms with van der Waals surface area (Å²) in [6.07, 6.45) is 8.13. The first kappa shape index (κ1) is 20.2. The molecule has 0 bridgehead atoms. The number of nitrogens with one attached hydrogen (secondary N) is 1. The number of ether oxygens (including phenoxy) is 1. The van der Waals surface area contributed by atoms with Crippen molar-refractivity contribution in [3.05, 3.63) is 53.6 Å². The van der Waals surface area contributed by atoms with Gasteiger partial charge in [0.05, 0.1) is 0 Å². The van der Waals surface area contributed by atoms with Crippen molar-refractivity contribution in [1.29, 1.82) is 0 Å². The third-order valence-electron chi connectivity index (χ3n) is 6.31. The molecule has 1 aromatic carbocycles. The van der Waals surface area contributed by atoms with Crippen molar-refractivity contribution in [3.8, 4) is 0 Å². The van der Waals surface area contributed by atoms with Gasteiger partial charge in [0.2, 0.25) is 5.95 Å². The first-order valence-electron chi connectivity index (χ1n) is 10.7. The van der Waals surface area contributed by atoms with E-state index in [1.165, 1.54) is 18.9 Å². The number of rotatable bonds is 6. The Balaban J connectivity index is 1.37. The second kappa shape index (κ2) is 9.18. The second-order valence-corrected chi connectivity index (χ2v) is 8.59. The summed E-state index contributed by atoms with van der Waals surface area (Å²) in [4.78, 5) is 11.5. The van der Waals surface area contributed by atoms with Crippen LogP contribution in [0, 0.1) is 11.7 Å². The van der Waals surface area contributed by atoms with Gasteiger partial charge in [-0.3, -0.25) is 0 Å². The predicted molar refractivity (Wildman–Crippen MR) is 112 cm³/mol. The molecule has 0 aliphatic carbocycles. The maximum atomic E-state index is 13.8. The zero-order chi connectivity index (χ0) is 20.1. The lowest BCUT2D eigenvalue weighted by molar-refractivity contribution is 0.0496. The molecule has 2 aliphatic heterocycles. The molecule has 2 saturated heterocycles. The highest BCUT2D eigenvalue weighted by molar-refractivity contribution is 5.31. The monoisotopic (exact) mass is 398 g/mol. The third kappa shape index (κ3) is 4.93. The minimum atomic E-state index is -0.176. The van der Waals surface area contributed by atoms with Gasteiger partial charge in [0, 0.05) is 62.8 Å². The molecule has 3 heterocycles. The van der Waals surface area contributed by atoms with Crippen LogP contribution in [-0.2, 0) is 16.7 Å². The molecule has 6 heteroatoms. The van der Waals surface area contributed by atoms with Crippen molar-refractivity contribution in [3.63, 3.8) is 0 Å². The van der Waals surface area contributed by atoms with Crippen LogP contribution in [0.4, 0.5) is 10.3 Å². The highest BCUT2D eigenvalue weighted by Crippen LogP contribution is 2.34. The van der Waals surface area contributed by atoms with Crippen LogP contribution < -0.4 is 10.2 Å². The maximum absolute atomic E-state index is 13.8. The van der Waals surface area contributed by atoms with E-state index >= 15 is 0 Å². The van der Waals surface area contributed by atoms with E-state index < -0.39 is 0 Å². The van der Waals surface area contributed by atoms with Crippen molar-refractivity contribution in [2.24, 2.45) is 5.92 Å². The Hall–Kier alpha value is -2.05. The highest BCUT2D eigenvalue weighted by Gasteiger charge is 2.34. The van der Waals surface area contributed by atoms with Gasteiger partial charge in [-0.05, 0) is 49.3 Å². The minimum Gasteiger partial charge on any atom is -0.381 e. The van der Waals surface area contributed by atoms with Gasteiger partial charge in [-0.15, -0.1) is 0 Å². The lowest BCUT2D eigenvalue weighted by atomic mass is 9.74. The lowest BCUT2D eigenvalue weighted by Gasteiger charge is -2.38. The van der Waals surface area contributed by atoms with Gasteiger partial charge in [-0.2, -0.15) is 0 Å². The number of hydrogen-bond donors (Lipinski definition) is 1. The number of anilines is 1. The Morgan fingerprint density at radius 3 is 2.76 bits per heavy atom. The molecule has 29 heavy (non-hydrogen) atoms. The van der Waals surface area contributed by atoms with Gasteiger partial charge in [-0.25, -0.2) is 14.4 Å². The van der Waals surface area contributed by atoms with E-state index in [1.54, 1.807) is 12.1 Å². The number of halogens is 1. The molecule has 1 aromatic heterocycles. The molecule has 156 valence electrons. The number of nitrogens with zero attached hydrogens (tertiary/aromatic N) is 3. The van der Waals surface area contributed by atoms with Crippen molar-refractivity contribution in [2.45, 2.75) is 44.6 Å². The quantitative estimate of drug-likeness (QED) is 0.804. The third-order valence-corrected chi connectivity index (χ3v) is 6.31. The average Bonchev–Trinajstić information content (AvgIpc) is 2.75. The van der Waals surface area contributed by atoms with E-state index in [1.807, 2.05) is 18.5 Å². The van der Waals surface area contributed by atoms with Crippen LogP contribution in [0.25, 0.3) is 0 Å². The zero-order valence-electron chi connectivity index (χ0n) is 17.2. The van der Waals surface area contributed by atoms with Crippen LogP contribution in [0.15, 0.2) is 36.7 Å². The Morgan fingerprint density at radius 2 is 2.03 bits per heavy atom. The smallest absolute Gasteiger partial charge is 0.225 e. The normalized spacial score (nSPS) is 21.9. The van der Waals surface area contributed by atoms with Gasteiger partial charge in [0.25, 0.3) is 0 Å². The summed E-state index contributed by atoms with van der Waals surface area (Å²) in [7, 11) is 0. The Kier molecular flexibility index (Phi) is 6.40. The lowest BCUT2D eigenvalue weighted by Crippen LogP contribution is -2.42. The van der Waals surface area contributed by atoms with Crippen LogP contribution in [0.2, 0.25) is 0 Å². The van der Waals surface area contributed by atoms with E-state index in [0.29, 0.717) is 25.7 Å². The predicted octanol–water partition coefficient (Wildman–Crippen LogP) is 3.69. The fourth-order valence-electron chi connectivity index (χ4n) is 4.57. The SMILES string of the molecule is CC1CCCN(c2ncc(CNCC3(c4cccc(F)c4)CCOCC3)cn2)C1. The van der Waals surface area contributed by atoms with Gasteiger partial charge in [-0.1, -0.05) is 19.1 Å². The second-order valence-electron chi connectivity index (χ2n) is 8.59. The molecule has 1 N–H and O–H groups in total. The van der Waals surface area contributed by atoms with Gasteiger partial charge in [0.1, 0.15) is 5.82 Å². The summed E-state index contributed by atoms with van der Waals surface area (Å²) in [5.74, 6) is 1.36.